The normalized spacial score (nSPS) is 17.6. The van der Waals surface area contributed by atoms with Crippen LogP contribution in [0.4, 0.5) is 5.69 Å². The Morgan fingerprint density at radius 2 is 0.963 bits per heavy atom. The summed E-state index contributed by atoms with van der Waals surface area (Å²) in [7, 11) is 0. The number of fused-ring (bicyclic) bond motifs is 18. The molecule has 250 valence electrons. The van der Waals surface area contributed by atoms with Gasteiger partial charge in [0.1, 0.15) is 0 Å². The highest BCUT2D eigenvalue weighted by atomic mass is 15.0. The summed E-state index contributed by atoms with van der Waals surface area (Å²) in [5, 5.41) is 5.01. The van der Waals surface area contributed by atoms with Crippen LogP contribution in [0.1, 0.15) is 33.7 Å². The molecule has 3 aliphatic rings. The highest BCUT2D eigenvalue weighted by Crippen LogP contribution is 2.63. The van der Waals surface area contributed by atoms with Crippen LogP contribution >= 0.6 is 0 Å². The average Bonchev–Trinajstić information content (AvgIpc) is 4.00. The van der Waals surface area contributed by atoms with Crippen LogP contribution in [0.25, 0.3) is 66.1 Å². The molecule has 54 heavy (non-hydrogen) atoms. The maximum atomic E-state index is 5.55. The Labute approximate surface area is 311 Å². The first-order chi connectivity index (χ1) is 26.8. The van der Waals surface area contributed by atoms with Crippen LogP contribution < -0.4 is 0 Å². The first-order valence-corrected chi connectivity index (χ1v) is 18.8. The Balaban J connectivity index is 1.13. The molecule has 0 saturated heterocycles. The van der Waals surface area contributed by atoms with Crippen molar-refractivity contribution >= 4 is 55.0 Å². The monoisotopic (exact) mass is 685 g/mol. The van der Waals surface area contributed by atoms with E-state index in [1.807, 2.05) is 0 Å². The van der Waals surface area contributed by atoms with Gasteiger partial charge in [-0.1, -0.05) is 127 Å². The highest BCUT2D eigenvalue weighted by molar-refractivity contribution is 6.20. The molecule has 0 N–H and O–H groups in total. The Bertz CT molecular complexity index is 3290. The minimum absolute atomic E-state index is 0.128. The van der Waals surface area contributed by atoms with Gasteiger partial charge >= 0.3 is 0 Å². The Morgan fingerprint density at radius 1 is 0.389 bits per heavy atom. The standard InChI is InChI=1S/C51H31N3/c1-2-14-31(15-3-1)53-45-24-12-7-17-35(45)39-30-48-40(29-47(39)53)36-18-8-13-25-46(36)54(48)32-26-27-34-33-16-4-9-21-41(33)51(43(34)28-32)42-22-10-5-19-37(42)49-38-20-6-11-23-44(38)52-50(49)51/h1-30,49H. The van der Waals surface area contributed by atoms with Gasteiger partial charge in [-0.2, -0.15) is 0 Å². The second kappa shape index (κ2) is 10.1. The fourth-order valence-corrected chi connectivity index (χ4v) is 10.6. The summed E-state index contributed by atoms with van der Waals surface area (Å²) in [5.41, 5.74) is 18.3. The van der Waals surface area contributed by atoms with Gasteiger partial charge in [-0.3, -0.25) is 4.99 Å². The number of aliphatic imine (C=N–C) groups is 1. The van der Waals surface area contributed by atoms with Crippen molar-refractivity contribution in [1.82, 2.24) is 9.13 Å². The third kappa shape index (κ3) is 3.37. The van der Waals surface area contributed by atoms with Gasteiger partial charge in [0.25, 0.3) is 0 Å². The molecule has 3 heterocycles. The van der Waals surface area contributed by atoms with Gasteiger partial charge in [-0.05, 0) is 93.5 Å². The third-order valence-electron chi connectivity index (χ3n) is 12.6. The lowest BCUT2D eigenvalue weighted by atomic mass is 9.71. The molecule has 0 bridgehead atoms. The van der Waals surface area contributed by atoms with Crippen molar-refractivity contribution in [1.29, 1.82) is 0 Å². The lowest BCUT2D eigenvalue weighted by molar-refractivity contribution is 0.871. The van der Waals surface area contributed by atoms with Crippen molar-refractivity contribution in [3.8, 4) is 22.5 Å². The van der Waals surface area contributed by atoms with Crippen molar-refractivity contribution in [2.45, 2.75) is 11.3 Å². The molecule has 2 atom stereocenters. The van der Waals surface area contributed by atoms with Crippen LogP contribution in [0.5, 0.6) is 0 Å². The van der Waals surface area contributed by atoms with E-state index in [0.29, 0.717) is 0 Å². The van der Waals surface area contributed by atoms with Crippen LogP contribution in [0.2, 0.25) is 0 Å². The maximum absolute atomic E-state index is 5.55. The fourth-order valence-electron chi connectivity index (χ4n) is 10.6. The van der Waals surface area contributed by atoms with Crippen LogP contribution in [-0.2, 0) is 5.41 Å². The van der Waals surface area contributed by atoms with E-state index in [2.05, 4.69) is 191 Å². The van der Waals surface area contributed by atoms with Gasteiger partial charge in [0.05, 0.1) is 44.8 Å². The van der Waals surface area contributed by atoms with Gasteiger partial charge in [-0.25, -0.2) is 0 Å². The Hall–Kier alpha value is -6.97. The van der Waals surface area contributed by atoms with Crippen molar-refractivity contribution in [3.63, 3.8) is 0 Å². The van der Waals surface area contributed by atoms with E-state index in [1.54, 1.807) is 0 Å². The topological polar surface area (TPSA) is 22.2 Å². The van der Waals surface area contributed by atoms with Crippen LogP contribution in [0.15, 0.2) is 187 Å². The first-order valence-electron chi connectivity index (χ1n) is 18.8. The van der Waals surface area contributed by atoms with E-state index in [4.69, 9.17) is 4.99 Å². The van der Waals surface area contributed by atoms with Crippen molar-refractivity contribution in [3.05, 3.63) is 210 Å². The largest absolute Gasteiger partial charge is 0.309 e. The minimum Gasteiger partial charge on any atom is -0.309 e. The molecule has 2 aliphatic carbocycles. The number of nitrogens with zero attached hydrogens (tertiary/aromatic N) is 3. The number of rotatable bonds is 2. The summed E-state index contributed by atoms with van der Waals surface area (Å²) in [6.45, 7) is 0. The summed E-state index contributed by atoms with van der Waals surface area (Å²) in [5.74, 6) is 0.128. The molecule has 13 rings (SSSR count). The van der Waals surface area contributed by atoms with Gasteiger partial charge in [0, 0.05) is 32.9 Å². The molecule has 1 aliphatic heterocycles. The molecule has 0 saturated carbocycles. The van der Waals surface area contributed by atoms with E-state index in [9.17, 15) is 0 Å². The van der Waals surface area contributed by atoms with E-state index in [0.717, 1.165) is 11.4 Å². The van der Waals surface area contributed by atoms with E-state index < -0.39 is 5.41 Å². The Kier molecular flexibility index (Phi) is 5.36. The van der Waals surface area contributed by atoms with Gasteiger partial charge < -0.3 is 9.13 Å². The molecule has 8 aromatic carbocycles. The molecule has 10 aromatic rings. The molecule has 0 amide bonds. The molecule has 3 nitrogen and oxygen atoms in total. The van der Waals surface area contributed by atoms with Crippen LogP contribution in [-0.4, -0.2) is 14.8 Å². The smallest absolute Gasteiger partial charge is 0.0860 e. The predicted molar refractivity (Wildman–Crippen MR) is 222 cm³/mol. The summed E-state index contributed by atoms with van der Waals surface area (Å²) < 4.78 is 4.92. The number of hydrogen-bond acceptors (Lipinski definition) is 1. The summed E-state index contributed by atoms with van der Waals surface area (Å²) >= 11 is 0. The van der Waals surface area contributed by atoms with Crippen LogP contribution in [0, 0.1) is 0 Å². The zero-order chi connectivity index (χ0) is 35.1. The van der Waals surface area contributed by atoms with Crippen LogP contribution in [0.3, 0.4) is 0 Å². The second-order valence-corrected chi connectivity index (χ2v) is 15.0. The second-order valence-electron chi connectivity index (χ2n) is 15.0. The van der Waals surface area contributed by atoms with Crippen molar-refractivity contribution in [2.75, 3.05) is 0 Å². The van der Waals surface area contributed by atoms with Gasteiger partial charge in [0.15, 0.2) is 0 Å². The SMILES string of the molecule is c1ccc(-n2c3ccccc3c3cc4c(cc32)c2ccccc2n4-c2ccc3c(c2)C2(C4=Nc5ccccc5C4c4ccccc42)c2ccccc2-3)cc1. The van der Waals surface area contributed by atoms with Crippen molar-refractivity contribution in [2.24, 2.45) is 4.99 Å². The zero-order valence-corrected chi connectivity index (χ0v) is 29.2. The number of benzene rings is 8. The number of hydrogen-bond donors (Lipinski definition) is 0. The summed E-state index contributed by atoms with van der Waals surface area (Å²) in [6, 6.07) is 67.4. The minimum atomic E-state index is -0.489. The molecule has 0 radical (unpaired) electrons. The lowest BCUT2D eigenvalue weighted by Gasteiger charge is -2.30. The number of para-hydroxylation sites is 4. The number of aromatic nitrogens is 2. The van der Waals surface area contributed by atoms with E-state index >= 15 is 0 Å². The van der Waals surface area contributed by atoms with Gasteiger partial charge in [-0.15, -0.1) is 0 Å². The van der Waals surface area contributed by atoms with Gasteiger partial charge in [0.2, 0.25) is 0 Å². The van der Waals surface area contributed by atoms with E-state index in [-0.39, 0.29) is 5.92 Å². The highest BCUT2D eigenvalue weighted by Gasteiger charge is 2.58. The molecule has 1 spiro atoms. The van der Waals surface area contributed by atoms with Crippen molar-refractivity contribution < 1.29 is 0 Å². The molecular formula is C51H31N3. The quantitative estimate of drug-likeness (QED) is 0.173. The Morgan fingerprint density at radius 3 is 1.72 bits per heavy atom. The lowest BCUT2D eigenvalue weighted by Crippen LogP contribution is -2.33. The molecule has 2 unspecified atom stereocenters. The molecule has 2 aromatic heterocycles. The third-order valence-corrected chi connectivity index (χ3v) is 12.6. The summed E-state index contributed by atoms with van der Waals surface area (Å²) in [4.78, 5) is 5.55. The first kappa shape index (κ1) is 28.6. The average molecular weight is 686 g/mol. The predicted octanol–water partition coefficient (Wildman–Crippen LogP) is 12.4. The zero-order valence-electron chi connectivity index (χ0n) is 29.2. The maximum Gasteiger partial charge on any atom is 0.0860 e. The molecular weight excluding hydrogens is 655 g/mol. The summed E-state index contributed by atoms with van der Waals surface area (Å²) in [6.07, 6.45) is 0. The fraction of sp³-hybridized carbons (Fsp3) is 0.0392. The molecule has 3 heteroatoms. The van der Waals surface area contributed by atoms with E-state index in [1.165, 1.54) is 94.0 Å². The molecule has 0 fully saturated rings.